The Bertz CT molecular complexity index is 419. The van der Waals surface area contributed by atoms with Gasteiger partial charge in [-0.1, -0.05) is 0 Å². The Kier molecular flexibility index (Phi) is 2.71. The van der Waals surface area contributed by atoms with Crippen LogP contribution in [0.25, 0.3) is 0 Å². The normalized spacial score (nSPS) is 9.79. The monoisotopic (exact) mass is 258 g/mol. The van der Waals surface area contributed by atoms with Crippen molar-refractivity contribution >= 4 is 32.6 Å². The van der Waals surface area contributed by atoms with Gasteiger partial charge in [-0.3, -0.25) is 0 Å². The van der Waals surface area contributed by atoms with E-state index in [1.807, 2.05) is 0 Å². The fourth-order valence-electron chi connectivity index (χ4n) is 0.886. The third-order valence-electron chi connectivity index (χ3n) is 1.49. The Labute approximate surface area is 86.2 Å². The molecule has 72 valence electrons. The zero-order chi connectivity index (χ0) is 10.9. The molecule has 0 aliphatic carbocycles. The van der Waals surface area contributed by atoms with Gasteiger partial charge >= 0.3 is 85.6 Å². The van der Waals surface area contributed by atoms with Crippen LogP contribution in [0.2, 0.25) is 0 Å². The molecule has 0 aliphatic heterocycles. The van der Waals surface area contributed by atoms with E-state index in [-0.39, 0.29) is 4.35 Å². The number of aromatic hydroxyl groups is 1. The van der Waals surface area contributed by atoms with E-state index in [0.717, 1.165) is 12.1 Å². The van der Waals surface area contributed by atoms with Crippen LogP contribution < -0.4 is 4.35 Å². The molecule has 0 saturated carbocycles. The average molecular weight is 258 g/mol. The standard InChI is InChI=1S/C6H3AsN2O5/c7-5-3(8(11)12)1-2-4(10)6(5)9(13)14/h1-2,10H. The van der Waals surface area contributed by atoms with Crippen molar-refractivity contribution in [3.63, 3.8) is 0 Å². The van der Waals surface area contributed by atoms with Crippen molar-refractivity contribution in [1.82, 2.24) is 0 Å². The third kappa shape index (κ3) is 1.67. The number of benzene rings is 1. The molecule has 14 heavy (non-hydrogen) atoms. The van der Waals surface area contributed by atoms with Gasteiger partial charge in [0.15, 0.2) is 0 Å². The van der Waals surface area contributed by atoms with Gasteiger partial charge in [-0.2, -0.15) is 0 Å². The van der Waals surface area contributed by atoms with Crippen molar-refractivity contribution in [3.8, 4) is 5.75 Å². The number of phenols is 1. The van der Waals surface area contributed by atoms with E-state index >= 15 is 0 Å². The Morgan fingerprint density at radius 3 is 2.21 bits per heavy atom. The Morgan fingerprint density at radius 1 is 1.21 bits per heavy atom. The van der Waals surface area contributed by atoms with Crippen LogP contribution in [0, 0.1) is 20.2 Å². The van der Waals surface area contributed by atoms with Gasteiger partial charge in [0.05, 0.1) is 0 Å². The van der Waals surface area contributed by atoms with Gasteiger partial charge in [0.2, 0.25) is 0 Å². The summed E-state index contributed by atoms with van der Waals surface area (Å²) in [5, 5.41) is 29.9. The van der Waals surface area contributed by atoms with Gasteiger partial charge in [0.25, 0.3) is 0 Å². The molecule has 0 amide bonds. The first kappa shape index (κ1) is 10.5. The van der Waals surface area contributed by atoms with Crippen molar-refractivity contribution in [2.75, 3.05) is 0 Å². The van der Waals surface area contributed by atoms with Crippen LogP contribution in [0.1, 0.15) is 0 Å². The summed E-state index contributed by atoms with van der Waals surface area (Å²) in [6.07, 6.45) is 0. The number of nitrogens with zero attached hydrogens (tertiary/aromatic N) is 2. The van der Waals surface area contributed by atoms with Crippen LogP contribution in [0.3, 0.4) is 0 Å². The second kappa shape index (κ2) is 3.63. The maximum absolute atomic E-state index is 10.4. The summed E-state index contributed by atoms with van der Waals surface area (Å²) in [5.74, 6) is -0.587. The zero-order valence-corrected chi connectivity index (χ0v) is 8.45. The van der Waals surface area contributed by atoms with Gasteiger partial charge in [-0.05, 0) is 0 Å². The molecule has 1 N–H and O–H groups in total. The van der Waals surface area contributed by atoms with Crippen LogP contribution in [0.4, 0.5) is 11.4 Å². The van der Waals surface area contributed by atoms with E-state index < -0.39 is 27.0 Å². The van der Waals surface area contributed by atoms with Crippen LogP contribution in [0.15, 0.2) is 12.1 Å². The summed E-state index contributed by atoms with van der Waals surface area (Å²) >= 11 is 1.71. The van der Waals surface area contributed by atoms with E-state index in [2.05, 4.69) is 0 Å². The van der Waals surface area contributed by atoms with Gasteiger partial charge < -0.3 is 0 Å². The first-order valence-corrected chi connectivity index (χ1v) is 4.22. The van der Waals surface area contributed by atoms with Crippen molar-refractivity contribution < 1.29 is 15.0 Å². The molecule has 0 unspecified atom stereocenters. The van der Waals surface area contributed by atoms with E-state index in [9.17, 15) is 20.2 Å². The molecule has 0 aliphatic rings. The molecule has 0 bridgehead atoms. The molecule has 7 nitrogen and oxygen atoms in total. The molecule has 0 aromatic heterocycles. The Morgan fingerprint density at radius 2 is 1.79 bits per heavy atom. The fourth-order valence-corrected chi connectivity index (χ4v) is 1.63. The van der Waals surface area contributed by atoms with Gasteiger partial charge in [0, 0.05) is 0 Å². The SMILES string of the molecule is O=[N+]([O-])c1ccc(O)c([N+](=O)[O-])c1[As]. The molecule has 0 fully saturated rings. The fraction of sp³-hybridized carbons (Fsp3) is 0. The summed E-state index contributed by atoms with van der Waals surface area (Å²) in [7, 11) is 0. The summed E-state index contributed by atoms with van der Waals surface area (Å²) in [6, 6.07) is 1.93. The quantitative estimate of drug-likeness (QED) is 0.456. The molecule has 0 atom stereocenters. The number of rotatable bonds is 2. The number of nitro groups is 2. The molecule has 2 radical (unpaired) electrons. The molecule has 8 heteroatoms. The van der Waals surface area contributed by atoms with Crippen molar-refractivity contribution in [3.05, 3.63) is 32.4 Å². The van der Waals surface area contributed by atoms with E-state index in [1.54, 1.807) is 16.9 Å². The predicted octanol–water partition coefficient (Wildman–Crippen LogP) is 0.00240. The van der Waals surface area contributed by atoms with E-state index in [0.29, 0.717) is 0 Å². The maximum atomic E-state index is 10.4. The Hall–Kier alpha value is -1.62. The average Bonchev–Trinajstić information content (AvgIpc) is 2.02. The van der Waals surface area contributed by atoms with Gasteiger partial charge in [0.1, 0.15) is 0 Å². The first-order valence-electron chi connectivity index (χ1n) is 3.29. The van der Waals surface area contributed by atoms with Crippen molar-refractivity contribution in [2.24, 2.45) is 0 Å². The molecule has 0 heterocycles. The van der Waals surface area contributed by atoms with Crippen LogP contribution in [0.5, 0.6) is 5.75 Å². The number of hydrogen-bond donors (Lipinski definition) is 1. The molecule has 0 spiro atoms. The second-order valence-electron chi connectivity index (χ2n) is 2.32. The van der Waals surface area contributed by atoms with Crippen LogP contribution in [-0.2, 0) is 0 Å². The molecule has 1 aromatic carbocycles. The minimum absolute atomic E-state index is 0.215. The molecule has 1 aromatic rings. The second-order valence-corrected chi connectivity index (χ2v) is 3.25. The summed E-state index contributed by atoms with van der Waals surface area (Å²) < 4.78 is -0.215. The van der Waals surface area contributed by atoms with Gasteiger partial charge in [-0.15, -0.1) is 0 Å². The van der Waals surface area contributed by atoms with E-state index in [1.165, 1.54) is 0 Å². The summed E-state index contributed by atoms with van der Waals surface area (Å²) in [4.78, 5) is 19.2. The van der Waals surface area contributed by atoms with Gasteiger partial charge in [-0.25, -0.2) is 0 Å². The first-order chi connectivity index (χ1) is 6.45. The zero-order valence-electron chi connectivity index (χ0n) is 6.58. The molecule has 0 saturated heterocycles. The topological polar surface area (TPSA) is 107 Å². The number of nitro benzene ring substituents is 2. The Balaban J connectivity index is 3.49. The number of phenolic OH excluding ortho intramolecular Hbond substituents is 1. The van der Waals surface area contributed by atoms with Crippen LogP contribution >= 0.6 is 0 Å². The summed E-state index contributed by atoms with van der Waals surface area (Å²) in [5.41, 5.74) is -1.06. The summed E-state index contributed by atoms with van der Waals surface area (Å²) in [6.45, 7) is 0. The third-order valence-corrected chi connectivity index (χ3v) is 2.41. The minimum atomic E-state index is -0.865. The van der Waals surface area contributed by atoms with Crippen molar-refractivity contribution in [2.45, 2.75) is 0 Å². The molecule has 1 rings (SSSR count). The molecular weight excluding hydrogens is 255 g/mol. The molecular formula is C6H3AsN2O5. The van der Waals surface area contributed by atoms with Crippen molar-refractivity contribution in [1.29, 1.82) is 0 Å². The van der Waals surface area contributed by atoms with E-state index in [4.69, 9.17) is 5.11 Å². The van der Waals surface area contributed by atoms with Crippen LogP contribution in [-0.4, -0.2) is 31.8 Å². The number of hydrogen-bond acceptors (Lipinski definition) is 5. The predicted molar refractivity (Wildman–Crippen MR) is 46.8 cm³/mol.